The fourth-order valence-electron chi connectivity index (χ4n) is 3.83. The van der Waals surface area contributed by atoms with Crippen molar-refractivity contribution in [2.24, 2.45) is 0 Å². The minimum absolute atomic E-state index is 0.00144. The fourth-order valence-corrected chi connectivity index (χ4v) is 3.83. The molecule has 3 aromatic rings. The van der Waals surface area contributed by atoms with Crippen molar-refractivity contribution < 1.29 is 14.6 Å². The van der Waals surface area contributed by atoms with Gasteiger partial charge in [-0.3, -0.25) is 9.78 Å². The highest BCUT2D eigenvalue weighted by molar-refractivity contribution is 5.71. The molecule has 0 spiro atoms. The molecule has 1 N–H and O–H groups in total. The normalized spacial score (nSPS) is 10.7. The van der Waals surface area contributed by atoms with Gasteiger partial charge in [-0.15, -0.1) is 0 Å². The third kappa shape index (κ3) is 5.53. The molecule has 0 saturated heterocycles. The van der Waals surface area contributed by atoms with Crippen LogP contribution < -0.4 is 4.74 Å². The van der Waals surface area contributed by atoms with E-state index in [4.69, 9.17) is 14.8 Å². The van der Waals surface area contributed by atoms with Gasteiger partial charge in [0, 0.05) is 23.7 Å². The molecular formula is C27H28N2O3. The van der Waals surface area contributed by atoms with Gasteiger partial charge >= 0.3 is 5.97 Å². The molecule has 0 unspecified atom stereocenters. The number of ether oxygens (including phenoxy) is 1. The summed E-state index contributed by atoms with van der Waals surface area (Å²) < 4.78 is 5.71. The Balaban J connectivity index is 1.87. The van der Waals surface area contributed by atoms with E-state index < -0.39 is 5.97 Å². The zero-order valence-electron chi connectivity index (χ0n) is 18.8. The lowest BCUT2D eigenvalue weighted by molar-refractivity contribution is -0.137. The number of aryl methyl sites for hydroxylation is 1. The lowest BCUT2D eigenvalue weighted by atomic mass is 9.93. The summed E-state index contributed by atoms with van der Waals surface area (Å²) >= 11 is 0. The van der Waals surface area contributed by atoms with E-state index in [2.05, 4.69) is 25.1 Å². The van der Waals surface area contributed by atoms with Crippen LogP contribution in [0.1, 0.15) is 50.3 Å². The average Bonchev–Trinajstić information content (AvgIpc) is 2.78. The number of carboxylic acids is 1. The van der Waals surface area contributed by atoms with Crippen LogP contribution in [0.2, 0.25) is 0 Å². The Hall–Kier alpha value is -3.65. The van der Waals surface area contributed by atoms with Crippen molar-refractivity contribution in [3.63, 3.8) is 0 Å². The molecule has 1 heterocycles. The highest BCUT2D eigenvalue weighted by atomic mass is 16.5. The molecular weight excluding hydrogens is 400 g/mol. The molecule has 5 nitrogen and oxygen atoms in total. The number of nitrogens with zero attached hydrogens (tertiary/aromatic N) is 2. The third-order valence-electron chi connectivity index (χ3n) is 5.30. The Labute approximate surface area is 189 Å². The van der Waals surface area contributed by atoms with Crippen molar-refractivity contribution in [2.45, 2.75) is 52.6 Å². The molecule has 1 aromatic heterocycles. The van der Waals surface area contributed by atoms with E-state index in [-0.39, 0.29) is 12.5 Å². The van der Waals surface area contributed by atoms with Crippen LogP contribution in [0.25, 0.3) is 22.4 Å². The van der Waals surface area contributed by atoms with E-state index in [0.29, 0.717) is 17.7 Å². The summed E-state index contributed by atoms with van der Waals surface area (Å²) in [6.45, 7) is 5.98. The maximum absolute atomic E-state index is 10.9. The predicted octanol–water partition coefficient (Wildman–Crippen LogP) is 6.04. The van der Waals surface area contributed by atoms with Crippen LogP contribution in [0.4, 0.5) is 0 Å². The molecule has 0 saturated carbocycles. The number of rotatable bonds is 9. The monoisotopic (exact) mass is 428 g/mol. The van der Waals surface area contributed by atoms with Crippen LogP contribution in [0.15, 0.2) is 54.7 Å². The quantitative estimate of drug-likeness (QED) is 0.449. The number of aliphatic carboxylic acids is 1. The zero-order valence-corrected chi connectivity index (χ0v) is 18.8. The molecule has 0 aliphatic carbocycles. The largest absolute Gasteiger partial charge is 0.490 e. The predicted molar refractivity (Wildman–Crippen MR) is 126 cm³/mol. The first kappa shape index (κ1) is 23.0. The van der Waals surface area contributed by atoms with Crippen molar-refractivity contribution in [3.8, 4) is 34.2 Å². The third-order valence-corrected chi connectivity index (χ3v) is 5.30. The zero-order chi connectivity index (χ0) is 23.1. The Kier molecular flexibility index (Phi) is 7.62. The highest BCUT2D eigenvalue weighted by Gasteiger charge is 2.12. The lowest BCUT2D eigenvalue weighted by Gasteiger charge is -2.14. The highest BCUT2D eigenvalue weighted by Crippen LogP contribution is 2.30. The minimum Gasteiger partial charge on any atom is -0.490 e. The number of carbonyl (C=O) groups is 1. The van der Waals surface area contributed by atoms with Gasteiger partial charge in [-0.1, -0.05) is 37.3 Å². The maximum atomic E-state index is 10.9. The van der Waals surface area contributed by atoms with Crippen LogP contribution in [0.5, 0.6) is 5.75 Å². The summed E-state index contributed by atoms with van der Waals surface area (Å²) in [5, 5.41) is 18.4. The molecule has 0 bridgehead atoms. The Morgan fingerprint density at radius 2 is 1.94 bits per heavy atom. The first-order valence-corrected chi connectivity index (χ1v) is 10.9. The molecule has 0 aliphatic heterocycles. The SMILES string of the molecule is CCc1c(CCCC(=O)O)cccc1-c1ccc(-c2ccc(OC(C)C)c(C#N)c2)cn1. The van der Waals surface area contributed by atoms with Crippen molar-refractivity contribution in [1.82, 2.24) is 4.98 Å². The van der Waals surface area contributed by atoms with Gasteiger partial charge in [-0.2, -0.15) is 5.26 Å². The van der Waals surface area contributed by atoms with Crippen LogP contribution in [-0.4, -0.2) is 22.2 Å². The molecule has 0 radical (unpaired) electrons. The molecule has 3 rings (SSSR count). The van der Waals surface area contributed by atoms with Gasteiger partial charge in [0.15, 0.2) is 0 Å². The number of hydrogen-bond acceptors (Lipinski definition) is 4. The van der Waals surface area contributed by atoms with Gasteiger partial charge in [-0.25, -0.2) is 0 Å². The van der Waals surface area contributed by atoms with E-state index in [1.54, 1.807) is 0 Å². The summed E-state index contributed by atoms with van der Waals surface area (Å²) in [7, 11) is 0. The lowest BCUT2D eigenvalue weighted by Crippen LogP contribution is -2.06. The van der Waals surface area contributed by atoms with E-state index in [0.717, 1.165) is 35.2 Å². The average molecular weight is 429 g/mol. The van der Waals surface area contributed by atoms with Crippen LogP contribution in [-0.2, 0) is 17.6 Å². The summed E-state index contributed by atoms with van der Waals surface area (Å²) in [4.78, 5) is 15.6. The van der Waals surface area contributed by atoms with Crippen molar-refractivity contribution in [2.75, 3.05) is 0 Å². The second-order valence-corrected chi connectivity index (χ2v) is 7.97. The summed E-state index contributed by atoms with van der Waals surface area (Å²) in [5.74, 6) is -0.178. The van der Waals surface area contributed by atoms with Gasteiger partial charge in [0.05, 0.1) is 17.4 Å². The Bertz CT molecular complexity index is 1130. The van der Waals surface area contributed by atoms with Gasteiger partial charge in [0.1, 0.15) is 11.8 Å². The van der Waals surface area contributed by atoms with E-state index in [9.17, 15) is 10.1 Å². The second kappa shape index (κ2) is 10.6. The number of aromatic nitrogens is 1. The van der Waals surface area contributed by atoms with Crippen molar-refractivity contribution in [3.05, 3.63) is 71.4 Å². The number of pyridine rings is 1. The topological polar surface area (TPSA) is 83.2 Å². The van der Waals surface area contributed by atoms with Gasteiger partial charge in [-0.05, 0) is 68.0 Å². The molecule has 0 fully saturated rings. The maximum Gasteiger partial charge on any atom is 0.303 e. The van der Waals surface area contributed by atoms with Crippen molar-refractivity contribution in [1.29, 1.82) is 5.26 Å². The van der Waals surface area contributed by atoms with Crippen LogP contribution in [0.3, 0.4) is 0 Å². The van der Waals surface area contributed by atoms with Crippen molar-refractivity contribution >= 4 is 5.97 Å². The minimum atomic E-state index is -0.764. The van der Waals surface area contributed by atoms with Crippen LogP contribution >= 0.6 is 0 Å². The second-order valence-electron chi connectivity index (χ2n) is 7.97. The smallest absolute Gasteiger partial charge is 0.303 e. The molecule has 32 heavy (non-hydrogen) atoms. The van der Waals surface area contributed by atoms with Gasteiger partial charge in [0.25, 0.3) is 0 Å². The molecule has 0 aliphatic rings. The first-order chi connectivity index (χ1) is 15.4. The van der Waals surface area contributed by atoms with E-state index >= 15 is 0 Å². The Morgan fingerprint density at radius 1 is 1.16 bits per heavy atom. The summed E-state index contributed by atoms with van der Waals surface area (Å²) in [6.07, 6.45) is 4.21. The standard InChI is InChI=1S/C27H28N2O3/c1-4-23-19(8-6-10-27(30)31)7-5-9-24(23)25-13-11-21(17-29-25)20-12-14-26(32-18(2)3)22(15-20)16-28/h5,7,9,11-15,17-18H,4,6,8,10H2,1-3H3,(H,30,31). The van der Waals surface area contributed by atoms with E-state index in [1.165, 1.54) is 11.1 Å². The van der Waals surface area contributed by atoms with Gasteiger partial charge < -0.3 is 9.84 Å². The fraction of sp³-hybridized carbons (Fsp3) is 0.296. The molecule has 0 atom stereocenters. The Morgan fingerprint density at radius 3 is 2.56 bits per heavy atom. The number of benzene rings is 2. The first-order valence-electron chi connectivity index (χ1n) is 10.9. The van der Waals surface area contributed by atoms with E-state index in [1.807, 2.05) is 56.4 Å². The molecule has 164 valence electrons. The number of hydrogen-bond donors (Lipinski definition) is 1. The summed E-state index contributed by atoms with van der Waals surface area (Å²) in [5.41, 5.74) is 6.68. The summed E-state index contributed by atoms with van der Waals surface area (Å²) in [6, 6.07) is 18.0. The molecule has 5 heteroatoms. The van der Waals surface area contributed by atoms with Gasteiger partial charge in [0.2, 0.25) is 0 Å². The molecule has 0 amide bonds. The van der Waals surface area contributed by atoms with Crippen LogP contribution in [0, 0.1) is 11.3 Å². The number of nitriles is 1. The number of carboxylic acid groups (broad SMARTS) is 1. The molecule has 2 aromatic carbocycles.